The minimum Gasteiger partial charge on any atom is -0.507 e. The number of hydrogen-bond donors (Lipinski definition) is 5. The molecule has 1 amide bonds. The fourth-order valence-electron chi connectivity index (χ4n) is 11.2. The van der Waals surface area contributed by atoms with Gasteiger partial charge in [0, 0.05) is 83.4 Å². The number of aliphatic hydroxyl groups is 1. The molecule has 0 spiro atoms. The van der Waals surface area contributed by atoms with E-state index in [-0.39, 0.29) is 52.5 Å². The standard InChI is InChI=1S/C28H26N4O3.C21H20ClNO5/c1-28-26(34-3)17(29-2)12-20(35-28)31-18-10-6-4-8-14(18)22-23-16(13-30-27(23)33)21-15-9-5-7-11-19(15)32(28)25(21)24(22)31;1-23-7-6-12(17(27)10-23)19-14(24)8-15(25)20-16(26)9-18(28-21(19)20)11-4-2-3-5-13(11)22/h4-11,17,20,26,29H,12-13H2,1-3H3,(H,30,33);2-5,8-9,12,17,24-25,27H,6-7,10H2,1H3/t17-,20-,26-,28+;12-,17+/m01/s1. The molecule has 12 rings (SSSR count). The Labute approximate surface area is 366 Å². The van der Waals surface area contributed by atoms with Gasteiger partial charge in [0.2, 0.25) is 0 Å². The average molecular weight is 868 g/mol. The van der Waals surface area contributed by atoms with E-state index < -0.39 is 23.2 Å². The number of aromatic nitrogens is 2. The molecule has 0 aliphatic carbocycles. The molecule has 3 aromatic heterocycles. The minimum absolute atomic E-state index is 0.00357. The highest BCUT2D eigenvalue weighted by atomic mass is 35.5. The molecule has 4 aliphatic heterocycles. The number of nitrogens with zero attached hydrogens (tertiary/aromatic N) is 3. The van der Waals surface area contributed by atoms with Gasteiger partial charge in [-0.1, -0.05) is 60.1 Å². The number of rotatable bonds is 4. The fourth-order valence-corrected chi connectivity index (χ4v) is 11.5. The Hall–Kier alpha value is -5.93. The third-order valence-corrected chi connectivity index (χ3v) is 14.2. The summed E-state index contributed by atoms with van der Waals surface area (Å²) >= 11 is 6.25. The second kappa shape index (κ2) is 14.6. The lowest BCUT2D eigenvalue weighted by Gasteiger charge is -2.48. The Morgan fingerprint density at radius 1 is 0.921 bits per heavy atom. The molecule has 7 heterocycles. The van der Waals surface area contributed by atoms with E-state index in [0.29, 0.717) is 35.7 Å². The molecule has 5 aromatic carbocycles. The van der Waals surface area contributed by atoms with E-state index in [9.17, 15) is 24.9 Å². The summed E-state index contributed by atoms with van der Waals surface area (Å²) in [5.41, 5.74) is 6.00. The van der Waals surface area contributed by atoms with Gasteiger partial charge in [-0.15, -0.1) is 0 Å². The van der Waals surface area contributed by atoms with Crippen molar-refractivity contribution in [3.63, 3.8) is 0 Å². The second-order valence-corrected chi connectivity index (χ2v) is 17.8. The molecule has 0 radical (unpaired) electrons. The Balaban J connectivity index is 0.000000145. The smallest absolute Gasteiger partial charge is 0.252 e. The van der Waals surface area contributed by atoms with Gasteiger partial charge >= 0.3 is 0 Å². The van der Waals surface area contributed by atoms with Crippen LogP contribution in [0.25, 0.3) is 65.9 Å². The van der Waals surface area contributed by atoms with Crippen molar-refractivity contribution in [2.45, 2.75) is 62.4 Å². The molecule has 8 aromatic rings. The molecule has 6 atom stereocenters. The molecule has 63 heavy (non-hydrogen) atoms. The number of hydrogen-bond acceptors (Lipinski definition) is 10. The maximum Gasteiger partial charge on any atom is 0.252 e. The number of aliphatic hydroxyl groups excluding tert-OH is 1. The predicted octanol–water partition coefficient (Wildman–Crippen LogP) is 7.66. The quantitative estimate of drug-likeness (QED) is 0.119. The van der Waals surface area contributed by atoms with E-state index in [1.54, 1.807) is 31.4 Å². The van der Waals surface area contributed by atoms with Gasteiger partial charge in [0.05, 0.1) is 38.8 Å². The third kappa shape index (κ3) is 5.67. The molecule has 322 valence electrons. The lowest BCUT2D eigenvalue weighted by Crippen LogP contribution is -2.59. The molecule has 4 aliphatic rings. The highest BCUT2D eigenvalue weighted by Crippen LogP contribution is 2.54. The predicted molar refractivity (Wildman–Crippen MR) is 243 cm³/mol. The normalized spacial score (nSPS) is 24.3. The minimum atomic E-state index is -0.760. The Bertz CT molecular complexity index is 3280. The largest absolute Gasteiger partial charge is 0.507 e. The van der Waals surface area contributed by atoms with Crippen molar-refractivity contribution < 1.29 is 34.0 Å². The van der Waals surface area contributed by atoms with Gasteiger partial charge in [-0.25, -0.2) is 0 Å². The summed E-state index contributed by atoms with van der Waals surface area (Å²) in [6.45, 7) is 3.83. The van der Waals surface area contributed by atoms with Gasteiger partial charge in [-0.3, -0.25) is 9.59 Å². The number of amides is 1. The molecular weight excluding hydrogens is 822 g/mol. The van der Waals surface area contributed by atoms with Crippen molar-refractivity contribution in [3.05, 3.63) is 117 Å². The molecule has 2 bridgehead atoms. The van der Waals surface area contributed by atoms with Gasteiger partial charge < -0.3 is 53.9 Å². The van der Waals surface area contributed by atoms with E-state index in [2.05, 4.69) is 75.2 Å². The number of methoxy groups -OCH3 is 1. The number of aromatic hydroxyl groups is 2. The summed E-state index contributed by atoms with van der Waals surface area (Å²) in [4.78, 5) is 28.1. The highest BCUT2D eigenvalue weighted by molar-refractivity contribution is 6.33. The first-order valence-electron chi connectivity index (χ1n) is 21.3. The summed E-state index contributed by atoms with van der Waals surface area (Å²) in [5.74, 6) is -0.763. The van der Waals surface area contributed by atoms with Crippen LogP contribution < -0.4 is 16.1 Å². The molecule has 14 heteroatoms. The first kappa shape index (κ1) is 39.9. The number of halogens is 1. The summed E-state index contributed by atoms with van der Waals surface area (Å²) in [6.07, 6.45) is 0.167. The van der Waals surface area contributed by atoms with Crippen molar-refractivity contribution in [1.82, 2.24) is 24.7 Å². The number of nitrogens with one attached hydrogen (secondary N) is 2. The van der Waals surface area contributed by atoms with Crippen molar-refractivity contribution in [2.24, 2.45) is 0 Å². The van der Waals surface area contributed by atoms with Crippen molar-refractivity contribution in [1.29, 1.82) is 0 Å². The van der Waals surface area contributed by atoms with Gasteiger partial charge in [0.25, 0.3) is 5.91 Å². The van der Waals surface area contributed by atoms with Gasteiger partial charge in [0.15, 0.2) is 11.2 Å². The topological polar surface area (TPSA) is 164 Å². The molecule has 2 saturated heterocycles. The molecule has 13 nitrogen and oxygen atoms in total. The zero-order valence-corrected chi connectivity index (χ0v) is 35.9. The number of ether oxygens (including phenoxy) is 2. The highest BCUT2D eigenvalue weighted by Gasteiger charge is 2.53. The number of β-amino-alcohol motifs (C(OH)–C–C–N with tert-alkyl or cyclic N) is 1. The molecular formula is C49H46ClN5O8. The SMILES string of the molecule is CN1CC[C@@H](c2c(O)cc(O)c3c(=O)cc(-c4ccccc4Cl)oc23)[C@@H](O)C1.CN[C@H]1C[C@@H]2O[C@](C)([C@H]1OC)n1c3ccccc3c3c4c(c5c6ccccc6n2c5c31)C(=O)NC4. The number of para-hydroxylation sites is 2. The second-order valence-electron chi connectivity index (χ2n) is 17.3. The summed E-state index contributed by atoms with van der Waals surface area (Å²) in [5, 5.41) is 42.8. The first-order valence-corrected chi connectivity index (χ1v) is 21.6. The van der Waals surface area contributed by atoms with E-state index in [1.165, 1.54) is 6.07 Å². The lowest BCUT2D eigenvalue weighted by molar-refractivity contribution is -0.256. The van der Waals surface area contributed by atoms with Crippen LogP contribution in [-0.2, 0) is 21.7 Å². The summed E-state index contributed by atoms with van der Waals surface area (Å²) in [7, 11) is 5.67. The Morgan fingerprint density at radius 3 is 2.37 bits per heavy atom. The van der Waals surface area contributed by atoms with Crippen LogP contribution in [0.3, 0.4) is 0 Å². The van der Waals surface area contributed by atoms with Crippen molar-refractivity contribution in [2.75, 3.05) is 34.3 Å². The molecule has 0 saturated carbocycles. The van der Waals surface area contributed by atoms with Crippen molar-refractivity contribution >= 4 is 72.1 Å². The van der Waals surface area contributed by atoms with Crippen LogP contribution in [0.15, 0.2) is 94.1 Å². The summed E-state index contributed by atoms with van der Waals surface area (Å²) < 4.78 is 24.0. The van der Waals surface area contributed by atoms with Crippen LogP contribution in [0.2, 0.25) is 5.02 Å². The summed E-state index contributed by atoms with van der Waals surface area (Å²) in [6, 6.07) is 26.3. The number of likely N-dealkylation sites (N-methyl/N-ethyl adjacent to an activating group) is 2. The number of fused-ring (bicyclic) bond motifs is 14. The Kier molecular flexibility index (Phi) is 9.22. The van der Waals surface area contributed by atoms with Crippen LogP contribution in [0.1, 0.15) is 53.4 Å². The van der Waals surface area contributed by atoms with Crippen LogP contribution in [-0.4, -0.2) is 87.8 Å². The van der Waals surface area contributed by atoms with Crippen molar-refractivity contribution in [3.8, 4) is 22.8 Å². The first-order chi connectivity index (χ1) is 30.4. The lowest BCUT2D eigenvalue weighted by atomic mass is 9.85. The zero-order valence-electron chi connectivity index (χ0n) is 35.1. The van der Waals surface area contributed by atoms with Gasteiger partial charge in [-0.2, -0.15) is 0 Å². The number of phenolic OH excluding ortho intramolecular Hbond substituents is 2. The van der Waals surface area contributed by atoms with Gasteiger partial charge in [-0.05, 0) is 63.8 Å². The van der Waals surface area contributed by atoms with Crippen LogP contribution in [0.5, 0.6) is 11.5 Å². The number of carbonyl (C=O) groups excluding carboxylic acids is 1. The van der Waals surface area contributed by atoms with Crippen LogP contribution in [0.4, 0.5) is 0 Å². The number of piperidine rings is 1. The molecule has 2 fully saturated rings. The maximum absolute atomic E-state index is 13.3. The zero-order chi connectivity index (χ0) is 43.6. The molecule has 0 unspecified atom stereocenters. The maximum atomic E-state index is 13.3. The number of likely N-dealkylation sites (tertiary alicyclic amines) is 1. The number of carbonyl (C=O) groups is 1. The molecule has 5 N–H and O–H groups in total. The fraction of sp³-hybridized carbons (Fsp3) is 0.306. The third-order valence-electron chi connectivity index (χ3n) is 13.9. The van der Waals surface area contributed by atoms with E-state index in [0.717, 1.165) is 73.8 Å². The van der Waals surface area contributed by atoms with E-state index in [1.807, 2.05) is 19.0 Å². The van der Waals surface area contributed by atoms with E-state index in [4.69, 9.17) is 25.5 Å². The van der Waals surface area contributed by atoms with Crippen LogP contribution >= 0.6 is 11.6 Å². The van der Waals surface area contributed by atoms with E-state index >= 15 is 0 Å². The Morgan fingerprint density at radius 2 is 1.63 bits per heavy atom. The monoisotopic (exact) mass is 867 g/mol. The van der Waals surface area contributed by atoms with Crippen LogP contribution in [0, 0.1) is 0 Å². The van der Waals surface area contributed by atoms with Gasteiger partial charge in [0.1, 0.15) is 40.6 Å². The number of benzene rings is 5. The number of phenols is 2. The average Bonchev–Trinajstić information content (AvgIpc) is 3.92.